The molecule has 1 aromatic rings. The van der Waals surface area contributed by atoms with Gasteiger partial charge in [-0.15, -0.1) is 0 Å². The molecular formula is C12H18O2. The van der Waals surface area contributed by atoms with Crippen LogP contribution in [0.15, 0.2) is 24.3 Å². The lowest BCUT2D eigenvalue weighted by molar-refractivity contribution is 0.129. The summed E-state index contributed by atoms with van der Waals surface area (Å²) >= 11 is 0. The Kier molecular flexibility index (Phi) is 3.96. The molecule has 0 aromatic heterocycles. The van der Waals surface area contributed by atoms with Crippen LogP contribution in [-0.2, 0) is 0 Å². The molecule has 0 aliphatic heterocycles. The average molecular weight is 194 g/mol. The van der Waals surface area contributed by atoms with Crippen LogP contribution in [0.3, 0.4) is 0 Å². The normalized spacial score (nSPS) is 12.9. The molecule has 0 spiro atoms. The molecule has 78 valence electrons. The Morgan fingerprint density at radius 1 is 1.14 bits per heavy atom. The predicted octanol–water partition coefficient (Wildman–Crippen LogP) is 2.57. The third-order valence-electron chi connectivity index (χ3n) is 2.14. The van der Waals surface area contributed by atoms with Gasteiger partial charge >= 0.3 is 0 Å². The molecule has 1 rings (SSSR count). The lowest BCUT2D eigenvalue weighted by Gasteiger charge is -2.12. The topological polar surface area (TPSA) is 29.5 Å². The maximum Gasteiger partial charge on any atom is 0.119 e. The summed E-state index contributed by atoms with van der Waals surface area (Å²) in [6.45, 7) is 6.21. The van der Waals surface area contributed by atoms with Gasteiger partial charge in [0.2, 0.25) is 0 Å². The van der Waals surface area contributed by atoms with Gasteiger partial charge in [-0.3, -0.25) is 0 Å². The van der Waals surface area contributed by atoms with Crippen LogP contribution in [0.4, 0.5) is 0 Å². The number of aliphatic hydroxyl groups excluding tert-OH is 1. The third kappa shape index (κ3) is 3.04. The van der Waals surface area contributed by atoms with Crippen LogP contribution in [0.25, 0.3) is 0 Å². The zero-order chi connectivity index (χ0) is 10.6. The lowest BCUT2D eigenvalue weighted by Crippen LogP contribution is -2.16. The molecule has 0 unspecified atom stereocenters. The summed E-state index contributed by atoms with van der Waals surface area (Å²) in [5, 5.41) is 8.81. The highest BCUT2D eigenvalue weighted by Gasteiger charge is 2.02. The second-order valence-electron chi connectivity index (χ2n) is 3.83. The van der Waals surface area contributed by atoms with E-state index in [1.807, 2.05) is 19.1 Å². The van der Waals surface area contributed by atoms with Gasteiger partial charge in [0.1, 0.15) is 11.9 Å². The number of hydrogen-bond donors (Lipinski definition) is 1. The molecule has 0 aliphatic rings. The highest BCUT2D eigenvalue weighted by molar-refractivity contribution is 5.28. The fraction of sp³-hybridized carbons (Fsp3) is 0.500. The van der Waals surface area contributed by atoms with Gasteiger partial charge in [-0.1, -0.05) is 26.0 Å². The van der Waals surface area contributed by atoms with E-state index in [9.17, 15) is 0 Å². The van der Waals surface area contributed by atoms with Crippen LogP contribution in [0, 0.1) is 0 Å². The predicted molar refractivity (Wildman–Crippen MR) is 57.7 cm³/mol. The molecule has 0 fully saturated rings. The summed E-state index contributed by atoms with van der Waals surface area (Å²) in [4.78, 5) is 0. The van der Waals surface area contributed by atoms with Gasteiger partial charge in [-0.05, 0) is 30.5 Å². The monoisotopic (exact) mass is 194 g/mol. The van der Waals surface area contributed by atoms with Crippen LogP contribution < -0.4 is 4.74 Å². The summed E-state index contributed by atoms with van der Waals surface area (Å²) in [6, 6.07) is 8.01. The minimum Gasteiger partial charge on any atom is -0.488 e. The van der Waals surface area contributed by atoms with Gasteiger partial charge in [-0.25, -0.2) is 0 Å². The first kappa shape index (κ1) is 11.1. The molecule has 1 atom stereocenters. The van der Waals surface area contributed by atoms with E-state index in [1.54, 1.807) is 0 Å². The average Bonchev–Trinajstić information content (AvgIpc) is 2.18. The van der Waals surface area contributed by atoms with Gasteiger partial charge in [0.25, 0.3) is 0 Å². The molecule has 14 heavy (non-hydrogen) atoms. The molecule has 0 aliphatic carbocycles. The fourth-order valence-electron chi connectivity index (χ4n) is 1.20. The van der Waals surface area contributed by atoms with Crippen molar-refractivity contribution in [3.63, 3.8) is 0 Å². The molecule has 0 heterocycles. The highest BCUT2D eigenvalue weighted by atomic mass is 16.5. The Morgan fingerprint density at radius 3 is 2.14 bits per heavy atom. The molecule has 1 aromatic carbocycles. The van der Waals surface area contributed by atoms with E-state index in [0.29, 0.717) is 5.92 Å². The molecule has 0 radical (unpaired) electrons. The Balaban J connectivity index is 2.64. The van der Waals surface area contributed by atoms with E-state index in [4.69, 9.17) is 9.84 Å². The molecule has 0 saturated heterocycles. The Labute approximate surface area is 85.5 Å². The van der Waals surface area contributed by atoms with Crippen molar-refractivity contribution in [3.8, 4) is 5.75 Å². The van der Waals surface area contributed by atoms with Crippen LogP contribution in [0.5, 0.6) is 5.75 Å². The molecule has 2 nitrogen and oxygen atoms in total. The standard InChI is InChI=1S/C12H18O2/c1-9(2)11-4-6-12(7-5-11)14-10(3)8-13/h4-7,9-10,13H,8H2,1-3H3/t10-/m1/s1. The second-order valence-corrected chi connectivity index (χ2v) is 3.83. The highest BCUT2D eigenvalue weighted by Crippen LogP contribution is 2.19. The van der Waals surface area contributed by atoms with Crippen molar-refractivity contribution in [1.82, 2.24) is 0 Å². The zero-order valence-corrected chi connectivity index (χ0v) is 9.03. The summed E-state index contributed by atoms with van der Waals surface area (Å²) in [5.74, 6) is 1.36. The first-order chi connectivity index (χ1) is 6.63. The van der Waals surface area contributed by atoms with E-state index in [2.05, 4.69) is 26.0 Å². The van der Waals surface area contributed by atoms with E-state index in [0.717, 1.165) is 5.75 Å². The summed E-state index contributed by atoms with van der Waals surface area (Å²) in [5.41, 5.74) is 1.30. The van der Waals surface area contributed by atoms with Gasteiger partial charge in [0.15, 0.2) is 0 Å². The van der Waals surface area contributed by atoms with Crippen molar-refractivity contribution in [1.29, 1.82) is 0 Å². The van der Waals surface area contributed by atoms with Crippen LogP contribution in [0.1, 0.15) is 32.3 Å². The Morgan fingerprint density at radius 2 is 1.71 bits per heavy atom. The van der Waals surface area contributed by atoms with Crippen molar-refractivity contribution in [2.75, 3.05) is 6.61 Å². The van der Waals surface area contributed by atoms with E-state index < -0.39 is 0 Å². The Bertz CT molecular complexity index is 264. The van der Waals surface area contributed by atoms with E-state index in [1.165, 1.54) is 5.56 Å². The van der Waals surface area contributed by atoms with E-state index >= 15 is 0 Å². The number of hydrogen-bond acceptors (Lipinski definition) is 2. The number of aliphatic hydroxyl groups is 1. The number of ether oxygens (including phenoxy) is 1. The minimum atomic E-state index is -0.139. The summed E-state index contributed by atoms with van der Waals surface area (Å²) < 4.78 is 5.45. The smallest absolute Gasteiger partial charge is 0.119 e. The first-order valence-corrected chi connectivity index (χ1v) is 5.01. The first-order valence-electron chi connectivity index (χ1n) is 5.01. The van der Waals surface area contributed by atoms with Crippen LogP contribution >= 0.6 is 0 Å². The van der Waals surface area contributed by atoms with Gasteiger partial charge < -0.3 is 9.84 Å². The Hall–Kier alpha value is -1.02. The molecule has 0 saturated carbocycles. The quantitative estimate of drug-likeness (QED) is 0.798. The van der Waals surface area contributed by atoms with Crippen molar-refractivity contribution in [2.45, 2.75) is 32.8 Å². The minimum absolute atomic E-state index is 0.0476. The third-order valence-corrected chi connectivity index (χ3v) is 2.14. The molecular weight excluding hydrogens is 176 g/mol. The van der Waals surface area contributed by atoms with Crippen molar-refractivity contribution in [2.24, 2.45) is 0 Å². The van der Waals surface area contributed by atoms with Gasteiger partial charge in [0.05, 0.1) is 6.61 Å². The lowest BCUT2D eigenvalue weighted by atomic mass is 10.0. The van der Waals surface area contributed by atoms with Gasteiger partial charge in [-0.2, -0.15) is 0 Å². The van der Waals surface area contributed by atoms with Gasteiger partial charge in [0, 0.05) is 0 Å². The molecule has 2 heteroatoms. The van der Waals surface area contributed by atoms with E-state index in [-0.39, 0.29) is 12.7 Å². The SMILES string of the molecule is CC(C)c1ccc(O[C@H](C)CO)cc1. The zero-order valence-electron chi connectivity index (χ0n) is 9.03. The number of benzene rings is 1. The van der Waals surface area contributed by atoms with Crippen molar-refractivity contribution >= 4 is 0 Å². The maximum absolute atomic E-state index is 8.81. The maximum atomic E-state index is 8.81. The molecule has 0 bridgehead atoms. The largest absolute Gasteiger partial charge is 0.488 e. The molecule has 1 N–H and O–H groups in total. The fourth-order valence-corrected chi connectivity index (χ4v) is 1.20. The second kappa shape index (κ2) is 5.01. The summed E-state index contributed by atoms with van der Waals surface area (Å²) in [7, 11) is 0. The van der Waals surface area contributed by atoms with Crippen molar-refractivity contribution < 1.29 is 9.84 Å². The van der Waals surface area contributed by atoms with Crippen LogP contribution in [-0.4, -0.2) is 17.8 Å². The van der Waals surface area contributed by atoms with Crippen LogP contribution in [0.2, 0.25) is 0 Å². The summed E-state index contributed by atoms with van der Waals surface area (Å²) in [6.07, 6.45) is -0.139. The van der Waals surface area contributed by atoms with Crippen molar-refractivity contribution in [3.05, 3.63) is 29.8 Å². The molecule has 0 amide bonds. The number of rotatable bonds is 4.